The Hall–Kier alpha value is -0.840. The SMILES string of the molecule is CNCc1cc(CN2CC(C)OC(C)C2)oc1C. The fraction of sp³-hybridized carbons (Fsp3) is 0.714. The van der Waals surface area contributed by atoms with Crippen molar-refractivity contribution in [3.63, 3.8) is 0 Å². The van der Waals surface area contributed by atoms with E-state index in [0.717, 1.165) is 37.7 Å². The van der Waals surface area contributed by atoms with Crippen LogP contribution in [0.3, 0.4) is 0 Å². The summed E-state index contributed by atoms with van der Waals surface area (Å²) in [5.74, 6) is 2.08. The number of nitrogens with zero attached hydrogens (tertiary/aromatic N) is 1. The second-order valence-electron chi connectivity index (χ2n) is 5.28. The Labute approximate surface area is 109 Å². The molecule has 1 aliphatic heterocycles. The second-order valence-corrected chi connectivity index (χ2v) is 5.28. The van der Waals surface area contributed by atoms with Crippen LogP contribution < -0.4 is 5.32 Å². The van der Waals surface area contributed by atoms with E-state index in [-0.39, 0.29) is 0 Å². The first kappa shape index (κ1) is 13.6. The molecule has 2 rings (SSSR count). The van der Waals surface area contributed by atoms with Gasteiger partial charge in [0.25, 0.3) is 0 Å². The third kappa shape index (κ3) is 3.34. The number of hydrogen-bond donors (Lipinski definition) is 1. The molecule has 0 saturated carbocycles. The molecule has 1 fully saturated rings. The Morgan fingerprint density at radius 3 is 2.61 bits per heavy atom. The first-order valence-electron chi connectivity index (χ1n) is 6.69. The summed E-state index contributed by atoms with van der Waals surface area (Å²) in [6, 6.07) is 2.16. The third-order valence-electron chi connectivity index (χ3n) is 3.31. The maximum absolute atomic E-state index is 5.82. The molecular formula is C14H24N2O2. The lowest BCUT2D eigenvalue weighted by Gasteiger charge is -2.34. The molecule has 2 atom stereocenters. The summed E-state index contributed by atoms with van der Waals surface area (Å²) in [5, 5.41) is 3.16. The minimum absolute atomic E-state index is 0.307. The van der Waals surface area contributed by atoms with Crippen molar-refractivity contribution in [2.45, 2.75) is 46.1 Å². The maximum atomic E-state index is 5.82. The van der Waals surface area contributed by atoms with Crippen LogP contribution in [-0.4, -0.2) is 37.2 Å². The number of morpholine rings is 1. The molecule has 2 unspecified atom stereocenters. The third-order valence-corrected chi connectivity index (χ3v) is 3.31. The van der Waals surface area contributed by atoms with Gasteiger partial charge in [0.2, 0.25) is 0 Å². The number of rotatable bonds is 4. The highest BCUT2D eigenvalue weighted by Gasteiger charge is 2.23. The standard InChI is InChI=1S/C14H24N2O2/c1-10-7-16(8-11(2)17-10)9-14-5-13(6-15-4)12(3)18-14/h5,10-11,15H,6-9H2,1-4H3. The van der Waals surface area contributed by atoms with Gasteiger partial charge in [-0.05, 0) is 33.9 Å². The van der Waals surface area contributed by atoms with Crippen molar-refractivity contribution in [2.75, 3.05) is 20.1 Å². The smallest absolute Gasteiger partial charge is 0.118 e. The highest BCUT2D eigenvalue weighted by atomic mass is 16.5. The zero-order valence-electron chi connectivity index (χ0n) is 11.8. The first-order valence-corrected chi connectivity index (χ1v) is 6.69. The van der Waals surface area contributed by atoms with Crippen molar-refractivity contribution in [3.05, 3.63) is 23.2 Å². The lowest BCUT2D eigenvalue weighted by molar-refractivity contribution is -0.0718. The average Bonchev–Trinajstić information content (AvgIpc) is 2.58. The molecule has 1 aliphatic rings. The summed E-state index contributed by atoms with van der Waals surface area (Å²) < 4.78 is 11.6. The quantitative estimate of drug-likeness (QED) is 0.888. The Morgan fingerprint density at radius 1 is 1.33 bits per heavy atom. The van der Waals surface area contributed by atoms with E-state index in [1.165, 1.54) is 5.56 Å². The molecule has 102 valence electrons. The number of ether oxygens (including phenoxy) is 1. The minimum Gasteiger partial charge on any atom is -0.465 e. The highest BCUT2D eigenvalue weighted by molar-refractivity contribution is 5.20. The van der Waals surface area contributed by atoms with Gasteiger partial charge in [0.15, 0.2) is 0 Å². The molecular weight excluding hydrogens is 228 g/mol. The fourth-order valence-electron chi connectivity index (χ4n) is 2.67. The monoisotopic (exact) mass is 252 g/mol. The zero-order valence-corrected chi connectivity index (χ0v) is 11.8. The topological polar surface area (TPSA) is 37.6 Å². The van der Waals surface area contributed by atoms with E-state index >= 15 is 0 Å². The largest absolute Gasteiger partial charge is 0.465 e. The fourth-order valence-corrected chi connectivity index (χ4v) is 2.67. The first-order chi connectivity index (χ1) is 8.58. The number of nitrogens with one attached hydrogen (secondary N) is 1. The van der Waals surface area contributed by atoms with Gasteiger partial charge < -0.3 is 14.5 Å². The molecule has 4 nitrogen and oxygen atoms in total. The molecule has 1 saturated heterocycles. The van der Waals surface area contributed by atoms with E-state index in [0.29, 0.717) is 12.2 Å². The lowest BCUT2D eigenvalue weighted by atomic mass is 10.2. The van der Waals surface area contributed by atoms with Crippen LogP contribution in [0.5, 0.6) is 0 Å². The molecule has 0 radical (unpaired) electrons. The van der Waals surface area contributed by atoms with Gasteiger partial charge in [-0.15, -0.1) is 0 Å². The molecule has 1 N–H and O–H groups in total. The Kier molecular flexibility index (Phi) is 4.43. The number of hydrogen-bond acceptors (Lipinski definition) is 4. The van der Waals surface area contributed by atoms with E-state index < -0.39 is 0 Å². The van der Waals surface area contributed by atoms with Gasteiger partial charge in [-0.1, -0.05) is 0 Å². The molecule has 0 spiro atoms. The van der Waals surface area contributed by atoms with Crippen molar-refractivity contribution in [2.24, 2.45) is 0 Å². The van der Waals surface area contributed by atoms with Crippen molar-refractivity contribution < 1.29 is 9.15 Å². The average molecular weight is 252 g/mol. The van der Waals surface area contributed by atoms with Crippen LogP contribution >= 0.6 is 0 Å². The van der Waals surface area contributed by atoms with Gasteiger partial charge in [0.1, 0.15) is 11.5 Å². The second kappa shape index (κ2) is 5.87. The summed E-state index contributed by atoms with van der Waals surface area (Å²) in [7, 11) is 1.96. The Morgan fingerprint density at radius 2 is 2.00 bits per heavy atom. The van der Waals surface area contributed by atoms with Crippen LogP contribution in [0.1, 0.15) is 30.9 Å². The van der Waals surface area contributed by atoms with Gasteiger partial charge in [0, 0.05) is 25.2 Å². The highest BCUT2D eigenvalue weighted by Crippen LogP contribution is 2.19. The van der Waals surface area contributed by atoms with Crippen molar-refractivity contribution in [3.8, 4) is 0 Å². The molecule has 2 heterocycles. The predicted octanol–water partition coefficient (Wildman–Crippen LogP) is 1.92. The molecule has 0 bridgehead atoms. The van der Waals surface area contributed by atoms with Gasteiger partial charge >= 0.3 is 0 Å². The maximum Gasteiger partial charge on any atom is 0.118 e. The van der Waals surface area contributed by atoms with E-state index in [2.05, 4.69) is 30.1 Å². The predicted molar refractivity (Wildman–Crippen MR) is 71.5 cm³/mol. The summed E-state index contributed by atoms with van der Waals surface area (Å²) >= 11 is 0. The van der Waals surface area contributed by atoms with Crippen LogP contribution in [-0.2, 0) is 17.8 Å². The van der Waals surface area contributed by atoms with Crippen LogP contribution in [0, 0.1) is 6.92 Å². The Balaban J connectivity index is 1.98. The van der Waals surface area contributed by atoms with Crippen LogP contribution in [0.15, 0.2) is 10.5 Å². The summed E-state index contributed by atoms with van der Waals surface area (Å²) in [6.07, 6.45) is 0.614. The van der Waals surface area contributed by atoms with Gasteiger partial charge in [-0.2, -0.15) is 0 Å². The molecule has 0 aromatic carbocycles. The summed E-state index contributed by atoms with van der Waals surface area (Å²) in [5.41, 5.74) is 1.25. The van der Waals surface area contributed by atoms with Gasteiger partial charge in [0.05, 0.1) is 18.8 Å². The zero-order chi connectivity index (χ0) is 13.1. The van der Waals surface area contributed by atoms with Crippen LogP contribution in [0.4, 0.5) is 0 Å². The number of furan rings is 1. The molecule has 4 heteroatoms. The normalized spacial score (nSPS) is 25.6. The molecule has 0 amide bonds. The lowest BCUT2D eigenvalue weighted by Crippen LogP contribution is -2.44. The van der Waals surface area contributed by atoms with Gasteiger partial charge in [-0.25, -0.2) is 0 Å². The van der Waals surface area contributed by atoms with E-state index in [9.17, 15) is 0 Å². The van der Waals surface area contributed by atoms with Crippen molar-refractivity contribution in [1.29, 1.82) is 0 Å². The molecule has 1 aromatic rings. The van der Waals surface area contributed by atoms with Crippen molar-refractivity contribution in [1.82, 2.24) is 10.2 Å². The summed E-state index contributed by atoms with van der Waals surface area (Å²) in [6.45, 7) is 9.98. The van der Waals surface area contributed by atoms with E-state index in [4.69, 9.17) is 9.15 Å². The molecule has 1 aromatic heterocycles. The number of aryl methyl sites for hydroxylation is 1. The molecule has 18 heavy (non-hydrogen) atoms. The van der Waals surface area contributed by atoms with Gasteiger partial charge in [-0.3, -0.25) is 4.90 Å². The van der Waals surface area contributed by atoms with Crippen LogP contribution in [0.25, 0.3) is 0 Å². The minimum atomic E-state index is 0.307. The van der Waals surface area contributed by atoms with E-state index in [1.807, 2.05) is 14.0 Å². The van der Waals surface area contributed by atoms with Crippen molar-refractivity contribution >= 4 is 0 Å². The van der Waals surface area contributed by atoms with E-state index in [1.54, 1.807) is 0 Å². The Bertz CT molecular complexity index is 379. The van der Waals surface area contributed by atoms with Crippen LogP contribution in [0.2, 0.25) is 0 Å². The summed E-state index contributed by atoms with van der Waals surface area (Å²) in [4.78, 5) is 2.40. The molecule has 0 aliphatic carbocycles.